The van der Waals surface area contributed by atoms with Crippen molar-refractivity contribution < 1.29 is 4.42 Å². The lowest BCUT2D eigenvalue weighted by Crippen LogP contribution is -1.79. The van der Waals surface area contributed by atoms with E-state index >= 15 is 0 Å². The SMILES string of the molecule is [CH2]c1cocc1-c1cccc(Cl)c1Cl. The van der Waals surface area contributed by atoms with Gasteiger partial charge in [0.1, 0.15) is 0 Å². The van der Waals surface area contributed by atoms with Gasteiger partial charge in [-0.15, -0.1) is 0 Å². The molecule has 0 amide bonds. The number of hydrogen-bond donors (Lipinski definition) is 0. The van der Waals surface area contributed by atoms with Crippen molar-refractivity contribution >= 4 is 23.2 Å². The summed E-state index contributed by atoms with van der Waals surface area (Å²) in [5.74, 6) is 0. The van der Waals surface area contributed by atoms with E-state index in [4.69, 9.17) is 27.6 Å². The van der Waals surface area contributed by atoms with Gasteiger partial charge in [0.05, 0.1) is 22.6 Å². The zero-order valence-electron chi connectivity index (χ0n) is 7.26. The number of halogens is 2. The molecular formula is C11H7Cl2O. The van der Waals surface area contributed by atoms with Crippen LogP contribution < -0.4 is 0 Å². The first-order valence-electron chi connectivity index (χ1n) is 4.02. The molecule has 2 rings (SSSR count). The molecule has 0 aliphatic heterocycles. The zero-order valence-corrected chi connectivity index (χ0v) is 8.77. The molecular weight excluding hydrogens is 219 g/mol. The highest BCUT2D eigenvalue weighted by Crippen LogP contribution is 2.35. The smallest absolute Gasteiger partial charge is 0.0984 e. The maximum absolute atomic E-state index is 6.06. The summed E-state index contributed by atoms with van der Waals surface area (Å²) < 4.78 is 5.03. The van der Waals surface area contributed by atoms with Crippen molar-refractivity contribution in [3.8, 4) is 11.1 Å². The quantitative estimate of drug-likeness (QED) is 0.700. The zero-order chi connectivity index (χ0) is 10.1. The maximum Gasteiger partial charge on any atom is 0.0984 e. The van der Waals surface area contributed by atoms with Crippen molar-refractivity contribution in [1.29, 1.82) is 0 Å². The molecule has 0 spiro atoms. The average molecular weight is 226 g/mol. The van der Waals surface area contributed by atoms with Crippen molar-refractivity contribution in [3.05, 3.63) is 53.3 Å². The molecule has 0 atom stereocenters. The fraction of sp³-hybridized carbons (Fsp3) is 0. The molecule has 1 heterocycles. The van der Waals surface area contributed by atoms with Gasteiger partial charge in [0.25, 0.3) is 0 Å². The fourth-order valence-electron chi connectivity index (χ4n) is 1.27. The van der Waals surface area contributed by atoms with Gasteiger partial charge >= 0.3 is 0 Å². The van der Waals surface area contributed by atoms with Crippen LogP contribution in [0.5, 0.6) is 0 Å². The third-order valence-electron chi connectivity index (χ3n) is 1.98. The molecule has 0 unspecified atom stereocenters. The van der Waals surface area contributed by atoms with E-state index in [0.29, 0.717) is 10.0 Å². The Hall–Kier alpha value is -0.920. The second-order valence-electron chi connectivity index (χ2n) is 2.91. The van der Waals surface area contributed by atoms with Crippen LogP contribution in [-0.2, 0) is 0 Å². The summed E-state index contributed by atoms with van der Waals surface area (Å²) in [6.45, 7) is 3.83. The Morgan fingerprint density at radius 3 is 2.50 bits per heavy atom. The first kappa shape index (κ1) is 9.63. The lowest BCUT2D eigenvalue weighted by atomic mass is 10.1. The Morgan fingerprint density at radius 2 is 1.86 bits per heavy atom. The van der Waals surface area contributed by atoms with Gasteiger partial charge < -0.3 is 4.42 Å². The van der Waals surface area contributed by atoms with E-state index in [0.717, 1.165) is 16.7 Å². The summed E-state index contributed by atoms with van der Waals surface area (Å²) in [6.07, 6.45) is 3.19. The third-order valence-corrected chi connectivity index (χ3v) is 2.80. The summed E-state index contributed by atoms with van der Waals surface area (Å²) in [7, 11) is 0. The molecule has 0 aliphatic carbocycles. The summed E-state index contributed by atoms with van der Waals surface area (Å²) >= 11 is 12.0. The van der Waals surface area contributed by atoms with Crippen LogP contribution in [0.25, 0.3) is 11.1 Å². The number of rotatable bonds is 1. The minimum Gasteiger partial charge on any atom is -0.472 e. The summed E-state index contributed by atoms with van der Waals surface area (Å²) in [5.41, 5.74) is 2.52. The predicted molar refractivity (Wildman–Crippen MR) is 58.6 cm³/mol. The van der Waals surface area contributed by atoms with E-state index < -0.39 is 0 Å². The van der Waals surface area contributed by atoms with Crippen molar-refractivity contribution in [3.63, 3.8) is 0 Å². The van der Waals surface area contributed by atoms with E-state index in [9.17, 15) is 0 Å². The van der Waals surface area contributed by atoms with E-state index in [1.807, 2.05) is 12.1 Å². The van der Waals surface area contributed by atoms with E-state index in [-0.39, 0.29) is 0 Å². The van der Waals surface area contributed by atoms with Crippen LogP contribution in [0.3, 0.4) is 0 Å². The van der Waals surface area contributed by atoms with Gasteiger partial charge in [0.15, 0.2) is 0 Å². The lowest BCUT2D eigenvalue weighted by molar-refractivity contribution is 0.567. The second-order valence-corrected chi connectivity index (χ2v) is 3.70. The average Bonchev–Trinajstić information content (AvgIpc) is 2.57. The van der Waals surface area contributed by atoms with Crippen molar-refractivity contribution in [2.45, 2.75) is 0 Å². The Labute approximate surface area is 92.3 Å². The minimum atomic E-state index is 0.528. The van der Waals surface area contributed by atoms with Crippen LogP contribution in [0.1, 0.15) is 5.56 Å². The molecule has 0 N–H and O–H groups in total. The number of furan rings is 1. The summed E-state index contributed by atoms with van der Waals surface area (Å²) in [5, 5.41) is 1.06. The Bertz CT molecular complexity index is 460. The predicted octanol–water partition coefficient (Wildman–Crippen LogP) is 4.44. The molecule has 14 heavy (non-hydrogen) atoms. The van der Waals surface area contributed by atoms with E-state index in [1.54, 1.807) is 18.6 Å². The Balaban J connectivity index is 2.63. The maximum atomic E-state index is 6.06. The van der Waals surface area contributed by atoms with Crippen molar-refractivity contribution in [1.82, 2.24) is 0 Å². The van der Waals surface area contributed by atoms with Gasteiger partial charge in [0, 0.05) is 11.1 Å². The number of hydrogen-bond acceptors (Lipinski definition) is 1. The van der Waals surface area contributed by atoms with Gasteiger partial charge in [-0.1, -0.05) is 35.3 Å². The first-order chi connectivity index (χ1) is 6.70. The van der Waals surface area contributed by atoms with Crippen LogP contribution in [0.15, 0.2) is 35.1 Å². The summed E-state index contributed by atoms with van der Waals surface area (Å²) in [4.78, 5) is 0. The summed E-state index contributed by atoms with van der Waals surface area (Å²) in [6, 6.07) is 5.47. The highest BCUT2D eigenvalue weighted by atomic mass is 35.5. The molecule has 0 aliphatic rings. The topological polar surface area (TPSA) is 13.1 Å². The Morgan fingerprint density at radius 1 is 1.07 bits per heavy atom. The van der Waals surface area contributed by atoms with Crippen molar-refractivity contribution in [2.24, 2.45) is 0 Å². The molecule has 0 fully saturated rings. The first-order valence-corrected chi connectivity index (χ1v) is 4.78. The van der Waals surface area contributed by atoms with Gasteiger partial charge in [-0.2, -0.15) is 0 Å². The van der Waals surface area contributed by atoms with Crippen LogP contribution in [0, 0.1) is 6.92 Å². The van der Waals surface area contributed by atoms with Crippen LogP contribution in [0.4, 0.5) is 0 Å². The molecule has 1 aromatic carbocycles. The van der Waals surface area contributed by atoms with Crippen LogP contribution in [0.2, 0.25) is 10.0 Å². The molecule has 3 heteroatoms. The Kier molecular flexibility index (Phi) is 2.53. The molecule has 1 aromatic heterocycles. The third kappa shape index (κ3) is 1.54. The standard InChI is InChI=1S/C11H7Cl2O/c1-7-5-14-6-9(7)8-3-2-4-10(12)11(8)13/h2-6H,1H2. The van der Waals surface area contributed by atoms with Crippen molar-refractivity contribution in [2.75, 3.05) is 0 Å². The van der Waals surface area contributed by atoms with Crippen LogP contribution in [-0.4, -0.2) is 0 Å². The van der Waals surface area contributed by atoms with Gasteiger partial charge in [-0.05, 0) is 18.6 Å². The monoisotopic (exact) mass is 225 g/mol. The number of benzene rings is 1. The van der Waals surface area contributed by atoms with E-state index in [1.165, 1.54) is 0 Å². The molecule has 2 aromatic rings. The van der Waals surface area contributed by atoms with E-state index in [2.05, 4.69) is 6.92 Å². The molecule has 0 bridgehead atoms. The normalized spacial score (nSPS) is 10.5. The van der Waals surface area contributed by atoms with Crippen LogP contribution >= 0.6 is 23.2 Å². The van der Waals surface area contributed by atoms with Gasteiger partial charge in [-0.25, -0.2) is 0 Å². The minimum absolute atomic E-state index is 0.528. The second kappa shape index (κ2) is 3.68. The highest BCUT2D eigenvalue weighted by molar-refractivity contribution is 6.43. The molecule has 1 nitrogen and oxygen atoms in total. The molecule has 0 saturated heterocycles. The lowest BCUT2D eigenvalue weighted by Gasteiger charge is -2.03. The van der Waals surface area contributed by atoms with Gasteiger partial charge in [-0.3, -0.25) is 0 Å². The van der Waals surface area contributed by atoms with Gasteiger partial charge in [0.2, 0.25) is 0 Å². The highest BCUT2D eigenvalue weighted by Gasteiger charge is 2.10. The molecule has 0 saturated carbocycles. The molecule has 71 valence electrons. The largest absolute Gasteiger partial charge is 0.472 e. The fourth-order valence-corrected chi connectivity index (χ4v) is 1.67. The molecule has 1 radical (unpaired) electrons.